The summed E-state index contributed by atoms with van der Waals surface area (Å²) in [5, 5.41) is 5.67. The van der Waals surface area contributed by atoms with Gasteiger partial charge in [-0.25, -0.2) is 9.40 Å². The summed E-state index contributed by atoms with van der Waals surface area (Å²) in [5.74, 6) is -1.20. The highest BCUT2D eigenvalue weighted by Crippen LogP contribution is 2.38. The molecule has 0 bridgehead atoms. The number of hydrogen-bond donors (Lipinski definition) is 0. The lowest BCUT2D eigenvalue weighted by Crippen LogP contribution is -2.42. The molecule has 0 aliphatic carbocycles. The molecule has 40 heavy (non-hydrogen) atoms. The minimum absolute atomic E-state index is 0.000848. The fraction of sp³-hybridized carbons (Fsp3) is 0.276. The van der Waals surface area contributed by atoms with E-state index in [1.807, 2.05) is 0 Å². The second-order valence-electron chi connectivity index (χ2n) is 9.02. The van der Waals surface area contributed by atoms with Crippen LogP contribution in [0.2, 0.25) is 0 Å². The summed E-state index contributed by atoms with van der Waals surface area (Å²) in [6.45, 7) is -0.360. The molecule has 0 radical (unpaired) electrons. The summed E-state index contributed by atoms with van der Waals surface area (Å²) in [5.41, 5.74) is 0.325. The van der Waals surface area contributed by atoms with Crippen LogP contribution in [0.3, 0.4) is 0 Å². The number of methoxy groups -OCH3 is 2. The Kier molecular flexibility index (Phi) is 8.83. The van der Waals surface area contributed by atoms with E-state index in [0.717, 1.165) is 24.3 Å². The molecule has 2 amide bonds. The Labute approximate surface area is 228 Å². The van der Waals surface area contributed by atoms with Gasteiger partial charge in [0.1, 0.15) is 18.1 Å². The van der Waals surface area contributed by atoms with E-state index in [2.05, 4.69) is 5.10 Å². The van der Waals surface area contributed by atoms with Gasteiger partial charge in [-0.1, -0.05) is 36.4 Å². The molecule has 3 aromatic rings. The van der Waals surface area contributed by atoms with E-state index in [9.17, 15) is 27.2 Å². The topological polar surface area (TPSA) is 71.4 Å². The van der Waals surface area contributed by atoms with Gasteiger partial charge in [0.2, 0.25) is 0 Å². The fourth-order valence-corrected chi connectivity index (χ4v) is 4.46. The first-order chi connectivity index (χ1) is 19.1. The van der Waals surface area contributed by atoms with Crippen molar-refractivity contribution >= 4 is 17.5 Å². The summed E-state index contributed by atoms with van der Waals surface area (Å²) in [4.78, 5) is 28.1. The molecule has 0 aromatic heterocycles. The third-order valence-corrected chi connectivity index (χ3v) is 6.49. The van der Waals surface area contributed by atoms with Crippen molar-refractivity contribution in [3.05, 3.63) is 101 Å². The van der Waals surface area contributed by atoms with Gasteiger partial charge in [0.25, 0.3) is 11.8 Å². The van der Waals surface area contributed by atoms with E-state index in [0.29, 0.717) is 17.0 Å². The number of rotatable bonds is 9. The number of nitrogens with zero attached hydrogens (tertiary/aromatic N) is 3. The van der Waals surface area contributed by atoms with Gasteiger partial charge in [-0.3, -0.25) is 9.59 Å². The molecule has 11 heteroatoms. The number of benzene rings is 3. The van der Waals surface area contributed by atoms with Crippen LogP contribution in [0.1, 0.15) is 39.5 Å². The lowest BCUT2D eigenvalue weighted by molar-refractivity contribution is -0.137. The van der Waals surface area contributed by atoms with Crippen molar-refractivity contribution in [2.75, 3.05) is 33.9 Å². The van der Waals surface area contributed by atoms with Crippen LogP contribution in [-0.2, 0) is 15.7 Å². The molecule has 7 nitrogen and oxygen atoms in total. The van der Waals surface area contributed by atoms with Gasteiger partial charge in [-0.2, -0.15) is 18.3 Å². The number of alkyl halides is 3. The minimum Gasteiger partial charge on any atom is -0.496 e. The van der Waals surface area contributed by atoms with Gasteiger partial charge in [-0.15, -0.1) is 0 Å². The fourth-order valence-electron chi connectivity index (χ4n) is 4.46. The highest BCUT2D eigenvalue weighted by molar-refractivity contribution is 6.04. The molecule has 0 unspecified atom stereocenters. The summed E-state index contributed by atoms with van der Waals surface area (Å²) in [6.07, 6.45) is -4.36. The van der Waals surface area contributed by atoms with Crippen LogP contribution < -0.4 is 4.74 Å². The molecular weight excluding hydrogens is 530 g/mol. The second-order valence-corrected chi connectivity index (χ2v) is 9.02. The molecule has 0 saturated carbocycles. The second kappa shape index (κ2) is 12.3. The number of carbonyl (C=O) groups is 2. The van der Waals surface area contributed by atoms with E-state index in [1.54, 1.807) is 42.5 Å². The predicted molar refractivity (Wildman–Crippen MR) is 139 cm³/mol. The normalized spacial score (nSPS) is 15.1. The number of ether oxygens (including phenoxy) is 2. The molecule has 0 N–H and O–H groups in total. The highest BCUT2D eigenvalue weighted by Gasteiger charge is 2.37. The van der Waals surface area contributed by atoms with Crippen LogP contribution in [0.4, 0.5) is 17.6 Å². The summed E-state index contributed by atoms with van der Waals surface area (Å²) in [7, 11) is 2.92. The van der Waals surface area contributed by atoms with Crippen molar-refractivity contribution in [2.24, 2.45) is 5.10 Å². The molecule has 0 fully saturated rings. The van der Waals surface area contributed by atoms with Crippen LogP contribution in [-0.4, -0.2) is 61.4 Å². The maximum absolute atomic E-state index is 14.6. The highest BCUT2D eigenvalue weighted by atomic mass is 19.4. The number of amides is 2. The minimum atomic E-state index is -4.55. The van der Waals surface area contributed by atoms with Crippen molar-refractivity contribution in [1.82, 2.24) is 9.91 Å². The molecule has 4 rings (SSSR count). The van der Waals surface area contributed by atoms with Gasteiger partial charge >= 0.3 is 6.18 Å². The Hall–Kier alpha value is -4.25. The SMILES string of the molecule is COCCN(CC(=O)N1N=C(c2ccccc2F)C[C@H]1c1ccccc1OC)C(=O)c1ccc(C(F)(F)F)cc1. The maximum atomic E-state index is 14.6. The molecule has 1 atom stereocenters. The lowest BCUT2D eigenvalue weighted by atomic mass is 9.97. The third kappa shape index (κ3) is 6.31. The standard InChI is InChI=1S/C29H27F4N3O4/c1-39-16-15-35(28(38)19-11-13-20(14-12-19)29(31,32)33)18-27(37)36-25(22-8-4-6-10-26(22)40-2)17-24(34-36)21-7-3-5-9-23(21)30/h3-14,25H,15-18H2,1-2H3/t25-/m0/s1. The summed E-state index contributed by atoms with van der Waals surface area (Å²) < 4.78 is 64.2. The first kappa shape index (κ1) is 28.8. The maximum Gasteiger partial charge on any atom is 0.416 e. The van der Waals surface area contributed by atoms with Gasteiger partial charge in [0, 0.05) is 36.8 Å². The molecule has 0 spiro atoms. The van der Waals surface area contributed by atoms with Gasteiger partial charge in [-0.05, 0) is 36.4 Å². The molecule has 1 aliphatic heterocycles. The first-order valence-corrected chi connectivity index (χ1v) is 12.4. The molecule has 210 valence electrons. The largest absolute Gasteiger partial charge is 0.496 e. The Morgan fingerprint density at radius 1 is 1.00 bits per heavy atom. The Balaban J connectivity index is 1.65. The molecular formula is C29H27F4N3O4. The van der Waals surface area contributed by atoms with Crippen LogP contribution in [0.25, 0.3) is 0 Å². The Morgan fingerprint density at radius 2 is 1.68 bits per heavy atom. The van der Waals surface area contributed by atoms with Crippen LogP contribution >= 0.6 is 0 Å². The summed E-state index contributed by atoms with van der Waals surface area (Å²) in [6, 6.07) is 16.3. The zero-order valence-corrected chi connectivity index (χ0v) is 21.8. The number of hydrazone groups is 1. The van der Waals surface area contributed by atoms with Gasteiger partial charge in [0.05, 0.1) is 31.0 Å². The number of hydrogen-bond acceptors (Lipinski definition) is 5. The number of para-hydroxylation sites is 1. The quantitative estimate of drug-likeness (QED) is 0.334. The van der Waals surface area contributed by atoms with Crippen LogP contribution in [0, 0.1) is 5.82 Å². The Morgan fingerprint density at radius 3 is 2.33 bits per heavy atom. The lowest BCUT2D eigenvalue weighted by Gasteiger charge is -2.27. The van der Waals surface area contributed by atoms with Gasteiger partial charge < -0.3 is 14.4 Å². The molecule has 3 aromatic carbocycles. The predicted octanol–water partition coefficient (Wildman–Crippen LogP) is 5.32. The smallest absolute Gasteiger partial charge is 0.416 e. The van der Waals surface area contributed by atoms with Crippen LogP contribution in [0.15, 0.2) is 77.9 Å². The third-order valence-electron chi connectivity index (χ3n) is 6.49. The molecule has 1 aliphatic rings. The zero-order chi connectivity index (χ0) is 28.9. The van der Waals surface area contributed by atoms with Crippen LogP contribution in [0.5, 0.6) is 5.75 Å². The molecule has 1 heterocycles. The van der Waals surface area contributed by atoms with Crippen molar-refractivity contribution in [1.29, 1.82) is 0 Å². The van der Waals surface area contributed by atoms with Crippen molar-refractivity contribution < 1.29 is 36.6 Å². The van der Waals surface area contributed by atoms with E-state index in [1.165, 1.54) is 30.2 Å². The Bertz CT molecular complexity index is 1390. The van der Waals surface area contributed by atoms with Gasteiger partial charge in [0.15, 0.2) is 0 Å². The van der Waals surface area contributed by atoms with E-state index >= 15 is 0 Å². The van der Waals surface area contributed by atoms with Crippen molar-refractivity contribution in [2.45, 2.75) is 18.6 Å². The number of carbonyl (C=O) groups excluding carboxylic acids is 2. The monoisotopic (exact) mass is 557 g/mol. The number of halogens is 4. The zero-order valence-electron chi connectivity index (χ0n) is 21.8. The summed E-state index contributed by atoms with van der Waals surface area (Å²) >= 11 is 0. The van der Waals surface area contributed by atoms with Crippen molar-refractivity contribution in [3.8, 4) is 5.75 Å². The average Bonchev–Trinajstić information content (AvgIpc) is 3.40. The first-order valence-electron chi connectivity index (χ1n) is 12.4. The molecule has 0 saturated heterocycles. The average molecular weight is 558 g/mol. The van der Waals surface area contributed by atoms with Crippen molar-refractivity contribution in [3.63, 3.8) is 0 Å². The van der Waals surface area contributed by atoms with E-state index in [-0.39, 0.29) is 30.7 Å². The van der Waals surface area contributed by atoms with E-state index in [4.69, 9.17) is 9.47 Å². The van der Waals surface area contributed by atoms with E-state index < -0.39 is 42.0 Å².